The third kappa shape index (κ3) is 1.78. The van der Waals surface area contributed by atoms with E-state index in [0.717, 1.165) is 25.9 Å². The van der Waals surface area contributed by atoms with Crippen molar-refractivity contribution in [3.63, 3.8) is 0 Å². The predicted octanol–water partition coefficient (Wildman–Crippen LogP) is 0.168. The second kappa shape index (κ2) is 3.70. The van der Waals surface area contributed by atoms with Crippen LogP contribution in [-0.2, 0) is 0 Å². The first-order valence-corrected chi connectivity index (χ1v) is 4.62. The van der Waals surface area contributed by atoms with Crippen LogP contribution < -0.4 is 11.0 Å². The average molecular weight is 179 g/mol. The van der Waals surface area contributed by atoms with Crippen LogP contribution in [0.2, 0.25) is 0 Å². The second-order valence-electron chi connectivity index (χ2n) is 3.31. The van der Waals surface area contributed by atoms with Gasteiger partial charge >= 0.3 is 5.69 Å². The van der Waals surface area contributed by atoms with Crippen molar-refractivity contribution >= 4 is 0 Å². The molecular weight excluding hydrogens is 166 g/mol. The zero-order valence-corrected chi connectivity index (χ0v) is 7.44. The van der Waals surface area contributed by atoms with E-state index in [0.29, 0.717) is 0 Å². The van der Waals surface area contributed by atoms with Crippen molar-refractivity contribution < 1.29 is 0 Å². The zero-order chi connectivity index (χ0) is 9.10. The van der Waals surface area contributed by atoms with Gasteiger partial charge in [0.15, 0.2) is 0 Å². The first-order chi connectivity index (χ1) is 6.38. The van der Waals surface area contributed by atoms with Crippen LogP contribution in [-0.4, -0.2) is 22.6 Å². The molecule has 0 aliphatic carbocycles. The molecule has 1 atom stereocenters. The molecule has 1 unspecified atom stereocenters. The normalized spacial score (nSPS) is 22.9. The first kappa shape index (κ1) is 8.44. The standard InChI is InChI=1S/C9H13N3O/c13-9-11-5-2-6-12(9)8-3-1-4-10-7-8/h2,5-6,8,10H,1,3-4,7H2. The number of nitrogens with zero attached hydrogens (tertiary/aromatic N) is 2. The molecule has 2 heterocycles. The van der Waals surface area contributed by atoms with Gasteiger partial charge in [0.05, 0.1) is 6.04 Å². The Bertz CT molecular complexity index is 328. The highest BCUT2D eigenvalue weighted by molar-refractivity contribution is 4.86. The number of hydrogen-bond acceptors (Lipinski definition) is 3. The minimum Gasteiger partial charge on any atom is -0.315 e. The minimum atomic E-state index is -0.142. The Morgan fingerprint density at radius 3 is 3.23 bits per heavy atom. The lowest BCUT2D eigenvalue weighted by atomic mass is 10.1. The number of rotatable bonds is 1. The van der Waals surface area contributed by atoms with Crippen LogP contribution in [0.15, 0.2) is 23.3 Å². The minimum absolute atomic E-state index is 0.142. The molecule has 1 aromatic rings. The molecule has 0 radical (unpaired) electrons. The summed E-state index contributed by atoms with van der Waals surface area (Å²) in [7, 11) is 0. The van der Waals surface area contributed by atoms with Crippen LogP contribution in [0, 0.1) is 0 Å². The molecule has 4 heteroatoms. The maximum absolute atomic E-state index is 11.3. The smallest absolute Gasteiger partial charge is 0.315 e. The number of nitrogens with one attached hydrogen (secondary N) is 1. The summed E-state index contributed by atoms with van der Waals surface area (Å²) in [5, 5.41) is 3.27. The van der Waals surface area contributed by atoms with Crippen LogP contribution >= 0.6 is 0 Å². The summed E-state index contributed by atoms with van der Waals surface area (Å²) in [5.41, 5.74) is -0.142. The summed E-state index contributed by atoms with van der Waals surface area (Å²) in [6, 6.07) is 2.09. The summed E-state index contributed by atoms with van der Waals surface area (Å²) in [6.07, 6.45) is 5.55. The molecule has 70 valence electrons. The van der Waals surface area contributed by atoms with E-state index in [-0.39, 0.29) is 11.7 Å². The average Bonchev–Trinajstić information content (AvgIpc) is 2.20. The Kier molecular flexibility index (Phi) is 2.40. The van der Waals surface area contributed by atoms with Gasteiger partial charge in [0.25, 0.3) is 0 Å². The van der Waals surface area contributed by atoms with Gasteiger partial charge in [-0.15, -0.1) is 0 Å². The summed E-state index contributed by atoms with van der Waals surface area (Å²) in [4.78, 5) is 15.1. The van der Waals surface area contributed by atoms with Crippen molar-refractivity contribution in [3.8, 4) is 0 Å². The van der Waals surface area contributed by atoms with E-state index in [1.54, 1.807) is 10.6 Å². The maximum Gasteiger partial charge on any atom is 0.347 e. The molecule has 2 rings (SSSR count). The van der Waals surface area contributed by atoms with Gasteiger partial charge < -0.3 is 5.32 Å². The zero-order valence-electron chi connectivity index (χ0n) is 7.44. The van der Waals surface area contributed by atoms with Crippen molar-refractivity contribution in [2.24, 2.45) is 0 Å². The third-order valence-electron chi connectivity index (χ3n) is 2.40. The molecule has 4 nitrogen and oxygen atoms in total. The molecule has 1 saturated heterocycles. The van der Waals surface area contributed by atoms with Crippen molar-refractivity contribution in [2.45, 2.75) is 18.9 Å². The number of hydrogen-bond donors (Lipinski definition) is 1. The Labute approximate surface area is 76.6 Å². The van der Waals surface area contributed by atoms with E-state index in [1.807, 2.05) is 6.20 Å². The van der Waals surface area contributed by atoms with E-state index in [2.05, 4.69) is 10.3 Å². The molecule has 1 aromatic heterocycles. The van der Waals surface area contributed by atoms with Crippen molar-refractivity contribution in [1.82, 2.24) is 14.9 Å². The third-order valence-corrected chi connectivity index (χ3v) is 2.40. The fourth-order valence-corrected chi connectivity index (χ4v) is 1.72. The Morgan fingerprint density at radius 2 is 2.54 bits per heavy atom. The molecule has 1 fully saturated rings. The SMILES string of the molecule is O=c1ncccn1C1CCCNC1. The highest BCUT2D eigenvalue weighted by Crippen LogP contribution is 2.13. The lowest BCUT2D eigenvalue weighted by Gasteiger charge is -2.23. The Hall–Kier alpha value is -1.16. The van der Waals surface area contributed by atoms with Crippen molar-refractivity contribution in [1.29, 1.82) is 0 Å². The van der Waals surface area contributed by atoms with E-state index in [9.17, 15) is 4.79 Å². The molecule has 0 amide bonds. The van der Waals surface area contributed by atoms with Crippen LogP contribution in [0.3, 0.4) is 0 Å². The van der Waals surface area contributed by atoms with Crippen LogP contribution in [0.5, 0.6) is 0 Å². The fourth-order valence-electron chi connectivity index (χ4n) is 1.72. The van der Waals surface area contributed by atoms with Crippen molar-refractivity contribution in [2.75, 3.05) is 13.1 Å². The number of aromatic nitrogens is 2. The molecule has 1 aliphatic rings. The molecule has 13 heavy (non-hydrogen) atoms. The monoisotopic (exact) mass is 179 g/mol. The molecular formula is C9H13N3O. The van der Waals surface area contributed by atoms with Gasteiger partial charge in [0.1, 0.15) is 0 Å². The number of piperidine rings is 1. The molecule has 1 aliphatic heterocycles. The second-order valence-corrected chi connectivity index (χ2v) is 3.31. The highest BCUT2D eigenvalue weighted by atomic mass is 16.1. The van der Waals surface area contributed by atoms with Gasteiger partial charge in [-0.3, -0.25) is 4.57 Å². The van der Waals surface area contributed by atoms with Gasteiger partial charge in [-0.2, -0.15) is 0 Å². The lowest BCUT2D eigenvalue weighted by molar-refractivity contribution is 0.360. The molecule has 0 spiro atoms. The summed E-state index contributed by atoms with van der Waals surface area (Å²) in [6.45, 7) is 1.94. The van der Waals surface area contributed by atoms with Gasteiger partial charge in [0.2, 0.25) is 0 Å². The largest absolute Gasteiger partial charge is 0.347 e. The van der Waals surface area contributed by atoms with Crippen LogP contribution in [0.4, 0.5) is 0 Å². The van der Waals surface area contributed by atoms with E-state index in [1.165, 1.54) is 6.20 Å². The van der Waals surface area contributed by atoms with Crippen LogP contribution in [0.1, 0.15) is 18.9 Å². The van der Waals surface area contributed by atoms with Crippen molar-refractivity contribution in [3.05, 3.63) is 28.9 Å². The Balaban J connectivity index is 2.24. The summed E-state index contributed by atoms with van der Waals surface area (Å²) in [5.74, 6) is 0. The first-order valence-electron chi connectivity index (χ1n) is 4.62. The fraction of sp³-hybridized carbons (Fsp3) is 0.556. The van der Waals surface area contributed by atoms with Gasteiger partial charge in [-0.1, -0.05) is 0 Å². The van der Waals surface area contributed by atoms with Gasteiger partial charge in [-0.05, 0) is 25.5 Å². The topological polar surface area (TPSA) is 46.9 Å². The van der Waals surface area contributed by atoms with E-state index >= 15 is 0 Å². The predicted molar refractivity (Wildman–Crippen MR) is 49.6 cm³/mol. The summed E-state index contributed by atoms with van der Waals surface area (Å²) >= 11 is 0. The molecule has 0 bridgehead atoms. The highest BCUT2D eigenvalue weighted by Gasteiger charge is 2.15. The molecule has 0 aromatic carbocycles. The quantitative estimate of drug-likeness (QED) is 0.668. The summed E-state index contributed by atoms with van der Waals surface area (Å²) < 4.78 is 1.71. The van der Waals surface area contributed by atoms with Crippen LogP contribution in [0.25, 0.3) is 0 Å². The Morgan fingerprint density at radius 1 is 1.62 bits per heavy atom. The molecule has 0 saturated carbocycles. The molecule has 1 N–H and O–H groups in total. The van der Waals surface area contributed by atoms with Gasteiger partial charge in [-0.25, -0.2) is 9.78 Å². The maximum atomic E-state index is 11.3. The van der Waals surface area contributed by atoms with E-state index < -0.39 is 0 Å². The van der Waals surface area contributed by atoms with E-state index in [4.69, 9.17) is 0 Å². The van der Waals surface area contributed by atoms with Gasteiger partial charge in [0, 0.05) is 18.9 Å². The lowest BCUT2D eigenvalue weighted by Crippen LogP contribution is -2.36.